The van der Waals surface area contributed by atoms with Gasteiger partial charge in [0, 0.05) is 32.3 Å². The van der Waals surface area contributed by atoms with Crippen LogP contribution in [0.25, 0.3) is 0 Å². The van der Waals surface area contributed by atoms with E-state index in [0.717, 1.165) is 25.4 Å². The van der Waals surface area contributed by atoms with Crippen LogP contribution in [0, 0.1) is 5.92 Å². The zero-order valence-corrected chi connectivity index (χ0v) is 12.7. The van der Waals surface area contributed by atoms with Crippen molar-refractivity contribution >= 4 is 0 Å². The predicted octanol–water partition coefficient (Wildman–Crippen LogP) is 1.80. The van der Waals surface area contributed by atoms with Crippen molar-refractivity contribution in [2.45, 2.75) is 24.9 Å². The van der Waals surface area contributed by atoms with E-state index in [4.69, 9.17) is 9.47 Å². The Bertz CT molecular complexity index is 399. The summed E-state index contributed by atoms with van der Waals surface area (Å²) in [6, 6.07) is 8.25. The normalized spacial score (nSPS) is 25.2. The molecule has 0 radical (unpaired) electrons. The topological polar surface area (TPSA) is 42.5 Å². The van der Waals surface area contributed by atoms with E-state index in [-0.39, 0.29) is 5.54 Å². The summed E-state index contributed by atoms with van der Waals surface area (Å²) in [6.07, 6.45) is 2.36. The van der Waals surface area contributed by atoms with E-state index in [2.05, 4.69) is 22.8 Å². The van der Waals surface area contributed by atoms with Gasteiger partial charge in [-0.3, -0.25) is 0 Å². The second kappa shape index (κ2) is 7.07. The number of hydrogen-bond acceptors (Lipinski definition) is 4. The van der Waals surface area contributed by atoms with Gasteiger partial charge in [0.25, 0.3) is 0 Å². The summed E-state index contributed by atoms with van der Waals surface area (Å²) in [5.41, 5.74) is 1.51. The molecule has 1 aromatic carbocycles. The first kappa shape index (κ1) is 15.3. The van der Waals surface area contributed by atoms with Crippen molar-refractivity contribution in [1.82, 2.24) is 10.6 Å². The Labute approximate surface area is 121 Å². The molecule has 0 aliphatic heterocycles. The molecule has 0 amide bonds. The Morgan fingerprint density at radius 2 is 1.90 bits per heavy atom. The van der Waals surface area contributed by atoms with Crippen LogP contribution < -0.4 is 15.4 Å². The number of nitrogens with one attached hydrogen (secondary N) is 2. The maximum atomic E-state index is 5.24. The molecule has 1 saturated carbocycles. The van der Waals surface area contributed by atoms with Crippen LogP contribution >= 0.6 is 0 Å². The molecule has 112 valence electrons. The van der Waals surface area contributed by atoms with Crippen molar-refractivity contribution in [2.75, 3.05) is 34.4 Å². The van der Waals surface area contributed by atoms with Crippen LogP contribution in [-0.4, -0.2) is 40.0 Å². The van der Waals surface area contributed by atoms with Gasteiger partial charge in [-0.2, -0.15) is 0 Å². The van der Waals surface area contributed by atoms with Crippen LogP contribution in [0.5, 0.6) is 5.75 Å². The average Bonchev–Trinajstić information content (AvgIpc) is 2.44. The Balaban J connectivity index is 1.86. The van der Waals surface area contributed by atoms with Gasteiger partial charge < -0.3 is 20.1 Å². The van der Waals surface area contributed by atoms with Gasteiger partial charge >= 0.3 is 0 Å². The van der Waals surface area contributed by atoms with E-state index in [1.165, 1.54) is 18.4 Å². The van der Waals surface area contributed by atoms with Gasteiger partial charge in [-0.25, -0.2) is 0 Å². The molecule has 0 saturated heterocycles. The van der Waals surface area contributed by atoms with Crippen LogP contribution in [0.15, 0.2) is 24.3 Å². The first-order valence-electron chi connectivity index (χ1n) is 7.23. The first-order chi connectivity index (χ1) is 9.71. The van der Waals surface area contributed by atoms with Crippen molar-refractivity contribution in [3.8, 4) is 5.75 Å². The minimum absolute atomic E-state index is 0.220. The minimum Gasteiger partial charge on any atom is -0.497 e. The summed E-state index contributed by atoms with van der Waals surface area (Å²) in [5.74, 6) is 1.60. The SMILES string of the molecule is CNCC1(NCc2ccc(OC)cc2)CC(COC)C1. The minimum atomic E-state index is 0.220. The summed E-state index contributed by atoms with van der Waals surface area (Å²) < 4.78 is 10.4. The van der Waals surface area contributed by atoms with Gasteiger partial charge in [0.2, 0.25) is 0 Å². The second-order valence-corrected chi connectivity index (χ2v) is 5.74. The molecule has 0 aromatic heterocycles. The highest BCUT2D eigenvalue weighted by molar-refractivity contribution is 5.27. The molecule has 2 rings (SSSR count). The Kier molecular flexibility index (Phi) is 5.40. The molecule has 0 atom stereocenters. The third kappa shape index (κ3) is 3.72. The van der Waals surface area contributed by atoms with E-state index in [0.29, 0.717) is 5.92 Å². The van der Waals surface area contributed by atoms with Crippen molar-refractivity contribution < 1.29 is 9.47 Å². The number of methoxy groups -OCH3 is 2. The van der Waals surface area contributed by atoms with Gasteiger partial charge in [-0.05, 0) is 43.5 Å². The maximum absolute atomic E-state index is 5.24. The van der Waals surface area contributed by atoms with Crippen LogP contribution in [0.1, 0.15) is 18.4 Å². The molecule has 1 fully saturated rings. The van der Waals surface area contributed by atoms with Gasteiger partial charge in [0.1, 0.15) is 5.75 Å². The van der Waals surface area contributed by atoms with Crippen LogP contribution in [0.4, 0.5) is 0 Å². The summed E-state index contributed by atoms with van der Waals surface area (Å²) in [5, 5.41) is 7.02. The van der Waals surface area contributed by atoms with Gasteiger partial charge in [-0.15, -0.1) is 0 Å². The van der Waals surface area contributed by atoms with Crippen molar-refractivity contribution in [2.24, 2.45) is 5.92 Å². The maximum Gasteiger partial charge on any atom is 0.118 e. The van der Waals surface area contributed by atoms with E-state index >= 15 is 0 Å². The van der Waals surface area contributed by atoms with Crippen LogP contribution in [-0.2, 0) is 11.3 Å². The highest BCUT2D eigenvalue weighted by Gasteiger charge is 2.42. The smallest absolute Gasteiger partial charge is 0.118 e. The standard InChI is InChI=1S/C16H26N2O2/c1-17-12-16(8-14(9-16)11-19-2)18-10-13-4-6-15(20-3)7-5-13/h4-7,14,17-18H,8-12H2,1-3H3. The fraction of sp³-hybridized carbons (Fsp3) is 0.625. The van der Waals surface area contributed by atoms with Gasteiger partial charge in [0.05, 0.1) is 7.11 Å². The number of rotatable bonds is 8. The fourth-order valence-corrected chi connectivity index (χ4v) is 3.12. The predicted molar refractivity (Wildman–Crippen MR) is 81.1 cm³/mol. The molecule has 2 N–H and O–H groups in total. The van der Waals surface area contributed by atoms with E-state index < -0.39 is 0 Å². The Morgan fingerprint density at radius 1 is 1.20 bits per heavy atom. The van der Waals surface area contributed by atoms with Crippen LogP contribution in [0.2, 0.25) is 0 Å². The molecule has 4 nitrogen and oxygen atoms in total. The molecule has 4 heteroatoms. The zero-order valence-electron chi connectivity index (χ0n) is 12.7. The van der Waals surface area contributed by atoms with E-state index in [1.807, 2.05) is 19.2 Å². The lowest BCUT2D eigenvalue weighted by atomic mass is 9.68. The molecule has 1 aromatic rings. The third-order valence-electron chi connectivity index (χ3n) is 4.10. The van der Waals surface area contributed by atoms with E-state index in [9.17, 15) is 0 Å². The largest absolute Gasteiger partial charge is 0.497 e. The molecule has 20 heavy (non-hydrogen) atoms. The van der Waals surface area contributed by atoms with Crippen molar-refractivity contribution in [3.05, 3.63) is 29.8 Å². The summed E-state index contributed by atoms with van der Waals surface area (Å²) in [7, 11) is 5.49. The molecule has 0 spiro atoms. The Hall–Kier alpha value is -1.10. The zero-order chi connectivity index (χ0) is 14.4. The Morgan fingerprint density at radius 3 is 2.45 bits per heavy atom. The lowest BCUT2D eigenvalue weighted by molar-refractivity contribution is 0.0345. The summed E-state index contributed by atoms with van der Waals surface area (Å²) in [6.45, 7) is 2.77. The second-order valence-electron chi connectivity index (χ2n) is 5.74. The number of ether oxygens (including phenoxy) is 2. The van der Waals surface area contributed by atoms with Gasteiger partial charge in [0.15, 0.2) is 0 Å². The molecule has 1 aliphatic rings. The summed E-state index contributed by atoms with van der Waals surface area (Å²) >= 11 is 0. The lowest BCUT2D eigenvalue weighted by Crippen LogP contribution is -2.60. The first-order valence-corrected chi connectivity index (χ1v) is 7.23. The van der Waals surface area contributed by atoms with Crippen molar-refractivity contribution in [3.63, 3.8) is 0 Å². The number of hydrogen-bond donors (Lipinski definition) is 2. The molecule has 0 unspecified atom stereocenters. The van der Waals surface area contributed by atoms with Gasteiger partial charge in [-0.1, -0.05) is 12.1 Å². The monoisotopic (exact) mass is 278 g/mol. The molecule has 1 aliphatic carbocycles. The average molecular weight is 278 g/mol. The highest BCUT2D eigenvalue weighted by atomic mass is 16.5. The highest BCUT2D eigenvalue weighted by Crippen LogP contribution is 2.37. The molecular weight excluding hydrogens is 252 g/mol. The van der Waals surface area contributed by atoms with E-state index in [1.54, 1.807) is 14.2 Å². The number of likely N-dealkylation sites (N-methyl/N-ethyl adjacent to an activating group) is 1. The molecular formula is C16H26N2O2. The van der Waals surface area contributed by atoms with Crippen LogP contribution in [0.3, 0.4) is 0 Å². The van der Waals surface area contributed by atoms with Crippen molar-refractivity contribution in [1.29, 1.82) is 0 Å². The lowest BCUT2D eigenvalue weighted by Gasteiger charge is -2.48. The quantitative estimate of drug-likeness (QED) is 0.761. The fourth-order valence-electron chi connectivity index (χ4n) is 3.12. The molecule has 0 bridgehead atoms. The third-order valence-corrected chi connectivity index (χ3v) is 4.10. The summed E-state index contributed by atoms with van der Waals surface area (Å²) in [4.78, 5) is 0. The molecule has 0 heterocycles. The number of benzene rings is 1.